The second kappa shape index (κ2) is 4.28. The Morgan fingerprint density at radius 1 is 1.44 bits per heavy atom. The van der Waals surface area contributed by atoms with E-state index in [2.05, 4.69) is 28.7 Å². The van der Waals surface area contributed by atoms with Crippen LogP contribution in [0.2, 0.25) is 0 Å². The van der Waals surface area contributed by atoms with Gasteiger partial charge in [-0.25, -0.2) is 9.97 Å². The van der Waals surface area contributed by atoms with Gasteiger partial charge in [-0.3, -0.25) is 0 Å². The molecule has 0 radical (unpaired) electrons. The smallest absolute Gasteiger partial charge is 0.134 e. The fourth-order valence-corrected chi connectivity index (χ4v) is 1.93. The molecule has 0 aromatic carbocycles. The number of aryl methyl sites for hydroxylation is 1. The second-order valence-electron chi connectivity index (χ2n) is 4.98. The second-order valence-corrected chi connectivity index (χ2v) is 4.98. The highest BCUT2D eigenvalue weighted by Gasteiger charge is 2.30. The van der Waals surface area contributed by atoms with Crippen LogP contribution in [0.1, 0.15) is 32.5 Å². The molecule has 0 aliphatic heterocycles. The first-order valence-electron chi connectivity index (χ1n) is 5.94. The first-order valence-corrected chi connectivity index (χ1v) is 5.94. The Labute approximate surface area is 96.9 Å². The monoisotopic (exact) mass is 220 g/mol. The zero-order valence-corrected chi connectivity index (χ0v) is 10.3. The van der Waals surface area contributed by atoms with Crippen LogP contribution in [0.25, 0.3) is 0 Å². The van der Waals surface area contributed by atoms with Gasteiger partial charge in [0, 0.05) is 18.7 Å². The van der Waals surface area contributed by atoms with E-state index in [0.29, 0.717) is 17.8 Å². The molecule has 0 saturated heterocycles. The summed E-state index contributed by atoms with van der Waals surface area (Å²) in [6, 6.07) is 2.55. The minimum Gasteiger partial charge on any atom is -0.384 e. The molecule has 1 fully saturated rings. The molecule has 0 amide bonds. The van der Waals surface area contributed by atoms with Gasteiger partial charge in [0.2, 0.25) is 0 Å². The van der Waals surface area contributed by atoms with Crippen LogP contribution in [0, 0.1) is 12.8 Å². The van der Waals surface area contributed by atoms with E-state index in [1.807, 2.05) is 13.0 Å². The summed E-state index contributed by atoms with van der Waals surface area (Å²) in [6.07, 6.45) is 2.55. The first-order chi connectivity index (χ1) is 7.56. The van der Waals surface area contributed by atoms with Crippen molar-refractivity contribution in [3.63, 3.8) is 0 Å². The van der Waals surface area contributed by atoms with Gasteiger partial charge in [-0.1, -0.05) is 13.8 Å². The summed E-state index contributed by atoms with van der Waals surface area (Å²) >= 11 is 0. The molecule has 0 spiro atoms. The quantitative estimate of drug-likeness (QED) is 0.843. The molecule has 2 rings (SSSR count). The molecule has 2 N–H and O–H groups in total. The number of rotatable bonds is 4. The number of nitrogens with two attached hydrogens (primary N) is 1. The molecule has 0 atom stereocenters. The van der Waals surface area contributed by atoms with Crippen LogP contribution in [0.3, 0.4) is 0 Å². The van der Waals surface area contributed by atoms with Gasteiger partial charge in [-0.15, -0.1) is 0 Å². The molecular formula is C12H20N4. The summed E-state index contributed by atoms with van der Waals surface area (Å²) in [5, 5.41) is 0. The Morgan fingerprint density at radius 3 is 2.62 bits per heavy atom. The van der Waals surface area contributed by atoms with Crippen molar-refractivity contribution >= 4 is 11.6 Å². The van der Waals surface area contributed by atoms with Crippen molar-refractivity contribution in [2.24, 2.45) is 5.92 Å². The lowest BCUT2D eigenvalue weighted by molar-refractivity contribution is 0.602. The number of anilines is 2. The zero-order valence-electron chi connectivity index (χ0n) is 10.3. The van der Waals surface area contributed by atoms with E-state index in [9.17, 15) is 0 Å². The van der Waals surface area contributed by atoms with E-state index in [4.69, 9.17) is 5.73 Å². The molecule has 1 aliphatic carbocycles. The van der Waals surface area contributed by atoms with Crippen LogP contribution in [0.15, 0.2) is 6.07 Å². The number of nitrogen functional groups attached to an aromatic ring is 1. The lowest BCUT2D eigenvalue weighted by Gasteiger charge is -2.25. The maximum absolute atomic E-state index is 5.77. The van der Waals surface area contributed by atoms with E-state index >= 15 is 0 Å². The normalized spacial score (nSPS) is 15.5. The van der Waals surface area contributed by atoms with E-state index < -0.39 is 0 Å². The number of hydrogen-bond donors (Lipinski definition) is 1. The maximum atomic E-state index is 5.77. The van der Waals surface area contributed by atoms with Crippen LogP contribution >= 0.6 is 0 Å². The van der Waals surface area contributed by atoms with E-state index in [0.717, 1.165) is 18.2 Å². The van der Waals surface area contributed by atoms with Crippen molar-refractivity contribution in [3.05, 3.63) is 11.9 Å². The third-order valence-corrected chi connectivity index (χ3v) is 2.69. The summed E-state index contributed by atoms with van der Waals surface area (Å²) in [4.78, 5) is 11.0. The predicted molar refractivity (Wildman–Crippen MR) is 66.4 cm³/mol. The van der Waals surface area contributed by atoms with Crippen LogP contribution in [-0.4, -0.2) is 22.6 Å². The van der Waals surface area contributed by atoms with Gasteiger partial charge in [-0.2, -0.15) is 0 Å². The molecule has 4 heteroatoms. The summed E-state index contributed by atoms with van der Waals surface area (Å²) in [7, 11) is 0. The zero-order chi connectivity index (χ0) is 11.7. The van der Waals surface area contributed by atoms with Crippen molar-refractivity contribution < 1.29 is 0 Å². The van der Waals surface area contributed by atoms with Gasteiger partial charge in [-0.05, 0) is 25.7 Å². The Hall–Kier alpha value is -1.32. The Kier molecular flexibility index (Phi) is 2.99. The Bertz CT molecular complexity index is 351. The van der Waals surface area contributed by atoms with Gasteiger partial charge in [0.05, 0.1) is 0 Å². The topological polar surface area (TPSA) is 55.0 Å². The van der Waals surface area contributed by atoms with E-state index in [-0.39, 0.29) is 0 Å². The van der Waals surface area contributed by atoms with Crippen molar-refractivity contribution in [1.29, 1.82) is 0 Å². The highest BCUT2D eigenvalue weighted by Crippen LogP contribution is 2.31. The standard InChI is InChI=1S/C12H20N4/c1-8(2)7-16(10-4-5-10)12-6-11(13)14-9(3)15-12/h6,8,10H,4-5,7H2,1-3H3,(H2,13,14,15). The molecule has 0 unspecified atom stereocenters. The summed E-state index contributed by atoms with van der Waals surface area (Å²) in [6.45, 7) is 7.39. The van der Waals surface area contributed by atoms with Gasteiger partial charge >= 0.3 is 0 Å². The SMILES string of the molecule is Cc1nc(N)cc(N(CC(C)C)C2CC2)n1. The van der Waals surface area contributed by atoms with Crippen molar-refractivity contribution in [3.8, 4) is 0 Å². The van der Waals surface area contributed by atoms with E-state index in [1.165, 1.54) is 12.8 Å². The van der Waals surface area contributed by atoms with Crippen LogP contribution in [0.4, 0.5) is 11.6 Å². The van der Waals surface area contributed by atoms with Crippen LogP contribution < -0.4 is 10.6 Å². The van der Waals surface area contributed by atoms with Crippen LogP contribution in [0.5, 0.6) is 0 Å². The van der Waals surface area contributed by atoms with Crippen molar-refractivity contribution in [1.82, 2.24) is 9.97 Å². The fourth-order valence-electron chi connectivity index (χ4n) is 1.93. The lowest BCUT2D eigenvalue weighted by Crippen LogP contribution is -2.31. The summed E-state index contributed by atoms with van der Waals surface area (Å²) < 4.78 is 0. The largest absolute Gasteiger partial charge is 0.384 e. The number of hydrogen-bond acceptors (Lipinski definition) is 4. The van der Waals surface area contributed by atoms with E-state index in [1.54, 1.807) is 0 Å². The molecular weight excluding hydrogens is 200 g/mol. The Balaban J connectivity index is 2.23. The molecule has 1 saturated carbocycles. The summed E-state index contributed by atoms with van der Waals surface area (Å²) in [5.74, 6) is 2.94. The lowest BCUT2D eigenvalue weighted by atomic mass is 10.2. The minimum absolute atomic E-state index is 0.567. The third kappa shape index (κ3) is 2.62. The molecule has 88 valence electrons. The molecule has 1 aromatic rings. The third-order valence-electron chi connectivity index (χ3n) is 2.69. The Morgan fingerprint density at radius 2 is 2.12 bits per heavy atom. The average Bonchev–Trinajstić information content (AvgIpc) is 2.95. The maximum Gasteiger partial charge on any atom is 0.134 e. The number of aromatic nitrogens is 2. The highest BCUT2D eigenvalue weighted by molar-refractivity contribution is 5.48. The first kappa shape index (κ1) is 11.2. The fraction of sp³-hybridized carbons (Fsp3) is 0.667. The van der Waals surface area contributed by atoms with Gasteiger partial charge in [0.25, 0.3) is 0 Å². The molecule has 1 aromatic heterocycles. The van der Waals surface area contributed by atoms with Gasteiger partial charge < -0.3 is 10.6 Å². The average molecular weight is 220 g/mol. The van der Waals surface area contributed by atoms with Crippen LogP contribution in [-0.2, 0) is 0 Å². The van der Waals surface area contributed by atoms with Crippen molar-refractivity contribution in [2.45, 2.75) is 39.7 Å². The summed E-state index contributed by atoms with van der Waals surface area (Å²) in [5.41, 5.74) is 5.77. The highest BCUT2D eigenvalue weighted by atomic mass is 15.2. The molecule has 0 bridgehead atoms. The van der Waals surface area contributed by atoms with Crippen molar-refractivity contribution in [2.75, 3.05) is 17.2 Å². The van der Waals surface area contributed by atoms with Gasteiger partial charge in [0.15, 0.2) is 0 Å². The molecule has 4 nitrogen and oxygen atoms in total. The molecule has 1 aliphatic rings. The molecule has 1 heterocycles. The predicted octanol–water partition coefficient (Wildman–Crippen LogP) is 1.99. The van der Waals surface area contributed by atoms with Gasteiger partial charge in [0.1, 0.15) is 17.5 Å². The molecule has 16 heavy (non-hydrogen) atoms. The minimum atomic E-state index is 0.567. The number of nitrogens with zero attached hydrogens (tertiary/aromatic N) is 3.